The number of fused-ring (bicyclic) bond motifs is 2. The van der Waals surface area contributed by atoms with Crippen LogP contribution in [0.5, 0.6) is 0 Å². The molecule has 11 heteroatoms. The van der Waals surface area contributed by atoms with E-state index in [1.807, 2.05) is 12.1 Å². The fourth-order valence-corrected chi connectivity index (χ4v) is 4.11. The summed E-state index contributed by atoms with van der Waals surface area (Å²) in [5.41, 5.74) is 1.42. The number of esters is 1. The summed E-state index contributed by atoms with van der Waals surface area (Å²) >= 11 is 0. The second kappa shape index (κ2) is 8.13. The molecule has 0 saturated carbocycles. The number of hydrogen-bond acceptors (Lipinski definition) is 7. The van der Waals surface area contributed by atoms with Gasteiger partial charge in [-0.05, 0) is 44.0 Å². The number of carbonyl (C=O) groups is 1. The molecule has 1 aliphatic rings. The van der Waals surface area contributed by atoms with E-state index in [0.717, 1.165) is 10.4 Å². The van der Waals surface area contributed by atoms with Crippen molar-refractivity contribution >= 4 is 28.5 Å². The highest BCUT2D eigenvalue weighted by Crippen LogP contribution is 2.30. The lowest BCUT2D eigenvalue weighted by molar-refractivity contribution is -0.155. The van der Waals surface area contributed by atoms with E-state index in [-0.39, 0.29) is 11.7 Å². The topological polar surface area (TPSA) is 90.4 Å². The van der Waals surface area contributed by atoms with Crippen molar-refractivity contribution in [3.05, 3.63) is 48.5 Å². The molecule has 0 aliphatic carbocycles. The van der Waals surface area contributed by atoms with Crippen LogP contribution in [0.1, 0.15) is 38.2 Å². The third-order valence-corrected chi connectivity index (χ3v) is 5.77. The Labute approximate surface area is 181 Å². The van der Waals surface area contributed by atoms with Crippen LogP contribution in [0.25, 0.3) is 16.7 Å². The maximum Gasteiger partial charge on any atom is 0.320 e. The third-order valence-electron chi connectivity index (χ3n) is 5.77. The largest absolute Gasteiger partial charge is 0.454 e. The summed E-state index contributed by atoms with van der Waals surface area (Å²) in [6, 6.07) is 10.4. The van der Waals surface area contributed by atoms with Crippen LogP contribution in [0.3, 0.4) is 0 Å². The first kappa shape index (κ1) is 20.3. The smallest absolute Gasteiger partial charge is 0.320 e. The van der Waals surface area contributed by atoms with Crippen molar-refractivity contribution in [1.82, 2.24) is 29.4 Å². The van der Waals surface area contributed by atoms with Crippen LogP contribution in [-0.2, 0) is 9.53 Å². The zero-order valence-corrected chi connectivity index (χ0v) is 17.3. The molecule has 1 aromatic carbocycles. The van der Waals surface area contributed by atoms with Crippen molar-refractivity contribution in [2.75, 3.05) is 18.0 Å². The number of benzene rings is 1. The molecule has 0 amide bonds. The van der Waals surface area contributed by atoms with Crippen molar-refractivity contribution < 1.29 is 18.3 Å². The normalized spacial score (nSPS) is 16.2. The molecule has 5 rings (SSSR count). The Hall–Kier alpha value is -3.63. The zero-order chi connectivity index (χ0) is 22.2. The van der Waals surface area contributed by atoms with Crippen LogP contribution >= 0.6 is 0 Å². The molecule has 0 radical (unpaired) electrons. The van der Waals surface area contributed by atoms with Crippen molar-refractivity contribution in [1.29, 1.82) is 0 Å². The van der Waals surface area contributed by atoms with Gasteiger partial charge in [0.15, 0.2) is 17.6 Å². The predicted molar refractivity (Wildman–Crippen MR) is 111 cm³/mol. The van der Waals surface area contributed by atoms with Gasteiger partial charge in [-0.1, -0.05) is 12.1 Å². The van der Waals surface area contributed by atoms with Crippen LogP contribution in [-0.4, -0.2) is 48.4 Å². The number of rotatable bonds is 5. The predicted octanol–water partition coefficient (Wildman–Crippen LogP) is 3.39. The quantitative estimate of drug-likeness (QED) is 0.439. The number of piperidine rings is 1. The Morgan fingerprint density at radius 3 is 2.72 bits per heavy atom. The van der Waals surface area contributed by atoms with Crippen LogP contribution in [0.4, 0.5) is 14.6 Å². The van der Waals surface area contributed by atoms with E-state index in [1.165, 1.54) is 6.33 Å². The maximum absolute atomic E-state index is 13.7. The standard InChI is InChI=1S/C21H21F2N7O2/c1-13(19-25-15-4-2-3-5-16(15)30(19)21(22)23)32-20(31)14-8-10-28(11-9-14)18-7-6-17-26-24-12-29(17)27-18/h2-7,12-14,21H,8-11H2,1H3. The summed E-state index contributed by atoms with van der Waals surface area (Å²) in [6.45, 7) is 0.0532. The van der Waals surface area contributed by atoms with Crippen LogP contribution in [0.15, 0.2) is 42.7 Å². The number of alkyl halides is 2. The number of para-hydroxylation sites is 2. The van der Waals surface area contributed by atoms with Crippen molar-refractivity contribution in [3.63, 3.8) is 0 Å². The average molecular weight is 441 g/mol. The average Bonchev–Trinajstić information content (AvgIpc) is 3.43. The highest BCUT2D eigenvalue weighted by atomic mass is 19.3. The molecule has 1 fully saturated rings. The first-order valence-corrected chi connectivity index (χ1v) is 10.4. The molecule has 166 valence electrons. The number of imidazole rings is 1. The van der Waals surface area contributed by atoms with Gasteiger partial charge < -0.3 is 9.64 Å². The second-order valence-corrected chi connectivity index (χ2v) is 7.77. The monoisotopic (exact) mass is 441 g/mol. The molecule has 3 aromatic heterocycles. The van der Waals surface area contributed by atoms with Gasteiger partial charge in [0.05, 0.1) is 17.0 Å². The van der Waals surface area contributed by atoms with Gasteiger partial charge in [-0.15, -0.1) is 15.3 Å². The minimum absolute atomic E-state index is 0.0402. The molecule has 9 nitrogen and oxygen atoms in total. The molecule has 1 saturated heterocycles. The van der Waals surface area contributed by atoms with E-state index in [2.05, 4.69) is 25.2 Å². The molecule has 4 heterocycles. The molecule has 1 atom stereocenters. The van der Waals surface area contributed by atoms with E-state index < -0.39 is 18.6 Å². The zero-order valence-electron chi connectivity index (χ0n) is 17.3. The maximum atomic E-state index is 13.7. The van der Waals surface area contributed by atoms with Crippen LogP contribution in [0, 0.1) is 5.92 Å². The van der Waals surface area contributed by atoms with E-state index in [0.29, 0.717) is 42.6 Å². The van der Waals surface area contributed by atoms with Crippen molar-refractivity contribution in [2.24, 2.45) is 5.92 Å². The van der Waals surface area contributed by atoms with E-state index in [4.69, 9.17) is 4.74 Å². The number of ether oxygens (including phenoxy) is 1. The molecule has 0 spiro atoms. The van der Waals surface area contributed by atoms with E-state index in [1.54, 1.807) is 35.7 Å². The number of halogens is 2. The lowest BCUT2D eigenvalue weighted by atomic mass is 9.97. The van der Waals surface area contributed by atoms with Crippen molar-refractivity contribution in [3.8, 4) is 0 Å². The molecule has 0 bridgehead atoms. The Bertz CT molecular complexity index is 1260. The van der Waals surface area contributed by atoms with E-state index >= 15 is 0 Å². The Morgan fingerprint density at radius 2 is 1.94 bits per heavy atom. The van der Waals surface area contributed by atoms with Gasteiger partial charge in [0.25, 0.3) is 0 Å². The lowest BCUT2D eigenvalue weighted by Gasteiger charge is -2.32. The van der Waals surface area contributed by atoms with Gasteiger partial charge in [0, 0.05) is 13.1 Å². The van der Waals surface area contributed by atoms with Crippen LogP contribution < -0.4 is 4.90 Å². The molecule has 1 aliphatic heterocycles. The molecule has 4 aromatic rings. The van der Waals surface area contributed by atoms with Crippen LogP contribution in [0.2, 0.25) is 0 Å². The minimum atomic E-state index is -2.78. The van der Waals surface area contributed by atoms with Gasteiger partial charge in [0.2, 0.25) is 0 Å². The summed E-state index contributed by atoms with van der Waals surface area (Å²) in [4.78, 5) is 19.1. The lowest BCUT2D eigenvalue weighted by Crippen LogP contribution is -2.37. The first-order valence-electron chi connectivity index (χ1n) is 10.4. The Balaban J connectivity index is 1.25. The molecular weight excluding hydrogens is 420 g/mol. The van der Waals surface area contributed by atoms with Gasteiger partial charge in [-0.25, -0.2) is 4.98 Å². The highest BCUT2D eigenvalue weighted by Gasteiger charge is 2.30. The molecule has 0 N–H and O–H groups in total. The third kappa shape index (κ3) is 3.63. The minimum Gasteiger partial charge on any atom is -0.454 e. The number of carbonyl (C=O) groups excluding carboxylic acids is 1. The summed E-state index contributed by atoms with van der Waals surface area (Å²) in [5.74, 6) is 0.116. The van der Waals surface area contributed by atoms with Gasteiger partial charge in [-0.2, -0.15) is 13.3 Å². The number of aromatic nitrogens is 6. The Morgan fingerprint density at radius 1 is 1.16 bits per heavy atom. The fraction of sp³-hybridized carbons (Fsp3) is 0.381. The SMILES string of the molecule is CC(OC(=O)C1CCN(c2ccc3nncn3n2)CC1)c1nc2ccccc2n1C(F)F. The Kier molecular flexibility index (Phi) is 5.16. The fourth-order valence-electron chi connectivity index (χ4n) is 4.11. The van der Waals surface area contributed by atoms with Crippen molar-refractivity contribution in [2.45, 2.75) is 32.4 Å². The second-order valence-electron chi connectivity index (χ2n) is 7.77. The first-order chi connectivity index (χ1) is 15.5. The molecule has 32 heavy (non-hydrogen) atoms. The molecular formula is C21H21F2N7O2. The highest BCUT2D eigenvalue weighted by molar-refractivity contribution is 5.76. The van der Waals surface area contributed by atoms with Gasteiger partial charge in [0.1, 0.15) is 12.1 Å². The number of hydrogen-bond donors (Lipinski definition) is 0. The number of nitrogens with zero attached hydrogens (tertiary/aromatic N) is 7. The summed E-state index contributed by atoms with van der Waals surface area (Å²) < 4.78 is 35.4. The number of anilines is 1. The van der Waals surface area contributed by atoms with Gasteiger partial charge >= 0.3 is 12.5 Å². The summed E-state index contributed by atoms with van der Waals surface area (Å²) in [6.07, 6.45) is 1.81. The summed E-state index contributed by atoms with van der Waals surface area (Å²) in [7, 11) is 0. The molecule has 1 unspecified atom stereocenters. The van der Waals surface area contributed by atoms with Gasteiger partial charge in [-0.3, -0.25) is 9.36 Å². The van der Waals surface area contributed by atoms with E-state index in [9.17, 15) is 13.6 Å². The summed E-state index contributed by atoms with van der Waals surface area (Å²) in [5, 5.41) is 12.2.